The zero-order valence-electron chi connectivity index (χ0n) is 18.5. The van der Waals surface area contributed by atoms with Gasteiger partial charge in [-0.15, -0.1) is 0 Å². The molecule has 7 heteroatoms. The Hall–Kier alpha value is -4.00. The summed E-state index contributed by atoms with van der Waals surface area (Å²) in [7, 11) is 0. The molecule has 3 aromatic rings. The molecular weight excluding hydrogens is 421 g/mol. The van der Waals surface area contributed by atoms with Gasteiger partial charge in [-0.1, -0.05) is 44.2 Å². The van der Waals surface area contributed by atoms with Crippen LogP contribution in [0.15, 0.2) is 84.0 Å². The number of halogens is 1. The molecule has 0 aromatic heterocycles. The zero-order chi connectivity index (χ0) is 23.6. The van der Waals surface area contributed by atoms with Crippen molar-refractivity contribution in [2.75, 3.05) is 0 Å². The molecule has 1 atom stereocenters. The number of nitrogens with one attached hydrogen (secondary N) is 2. The van der Waals surface area contributed by atoms with Crippen LogP contribution in [0, 0.1) is 11.7 Å². The topological polar surface area (TPSA) is 79.8 Å². The molecule has 0 heterocycles. The molecule has 0 fully saturated rings. The molecule has 3 rings (SSSR count). The van der Waals surface area contributed by atoms with Gasteiger partial charge >= 0.3 is 0 Å². The third-order valence-electron chi connectivity index (χ3n) is 4.86. The van der Waals surface area contributed by atoms with Crippen molar-refractivity contribution in [3.05, 3.63) is 101 Å². The Morgan fingerprint density at radius 2 is 1.64 bits per heavy atom. The fourth-order valence-electron chi connectivity index (χ4n) is 2.99. The maximum absolute atomic E-state index is 13.0. The summed E-state index contributed by atoms with van der Waals surface area (Å²) in [6, 6.07) is 21.3. The van der Waals surface area contributed by atoms with Crippen LogP contribution in [0.25, 0.3) is 0 Å². The normalized spacial score (nSPS) is 11.9. The minimum atomic E-state index is -0.725. The standard InChI is InChI=1S/C26H26FN3O3/c1-18(2)24(29-25(31)21-6-4-3-5-7-21)26(32)30-28-16-19-10-14-23(15-11-19)33-17-20-8-12-22(27)13-9-20/h3-16,18,24H,17H2,1-2H3,(H,29,31)(H,30,32). The van der Waals surface area contributed by atoms with Crippen LogP contribution in [0.5, 0.6) is 5.75 Å². The molecule has 2 N–H and O–H groups in total. The SMILES string of the molecule is CC(C)C(NC(=O)c1ccccc1)C(=O)NN=Cc1ccc(OCc2ccc(F)cc2)cc1. The lowest BCUT2D eigenvalue weighted by atomic mass is 10.0. The summed E-state index contributed by atoms with van der Waals surface area (Å²) in [4.78, 5) is 24.9. The van der Waals surface area contributed by atoms with Crippen LogP contribution in [0.1, 0.15) is 35.3 Å². The van der Waals surface area contributed by atoms with Gasteiger partial charge in [0.2, 0.25) is 0 Å². The lowest BCUT2D eigenvalue weighted by Gasteiger charge is -2.20. The lowest BCUT2D eigenvalue weighted by Crippen LogP contribution is -2.48. The Morgan fingerprint density at radius 1 is 0.970 bits per heavy atom. The fraction of sp³-hybridized carbons (Fsp3) is 0.192. The van der Waals surface area contributed by atoms with Gasteiger partial charge in [0.15, 0.2) is 0 Å². The Kier molecular flexibility index (Phi) is 8.30. The molecule has 170 valence electrons. The summed E-state index contributed by atoms with van der Waals surface area (Å²) < 4.78 is 18.6. The van der Waals surface area contributed by atoms with E-state index >= 15 is 0 Å². The summed E-state index contributed by atoms with van der Waals surface area (Å²) in [5, 5.41) is 6.76. The highest BCUT2D eigenvalue weighted by Gasteiger charge is 2.24. The van der Waals surface area contributed by atoms with Gasteiger partial charge in [0.05, 0.1) is 6.21 Å². The van der Waals surface area contributed by atoms with Crippen LogP contribution in [0.4, 0.5) is 4.39 Å². The van der Waals surface area contributed by atoms with Gasteiger partial charge in [0.25, 0.3) is 11.8 Å². The summed E-state index contributed by atoms with van der Waals surface area (Å²) in [6.07, 6.45) is 1.51. The van der Waals surface area contributed by atoms with Crippen LogP contribution in [-0.4, -0.2) is 24.1 Å². The van der Waals surface area contributed by atoms with Gasteiger partial charge in [-0.2, -0.15) is 5.10 Å². The summed E-state index contributed by atoms with van der Waals surface area (Å²) in [6.45, 7) is 4.03. The third-order valence-corrected chi connectivity index (χ3v) is 4.86. The van der Waals surface area contributed by atoms with Crippen LogP contribution in [0.3, 0.4) is 0 Å². The number of hydrogen-bond donors (Lipinski definition) is 2. The summed E-state index contributed by atoms with van der Waals surface area (Å²) in [5.74, 6) is -0.461. The van der Waals surface area contributed by atoms with Gasteiger partial charge in [0, 0.05) is 5.56 Å². The summed E-state index contributed by atoms with van der Waals surface area (Å²) >= 11 is 0. The van der Waals surface area contributed by atoms with Crippen molar-refractivity contribution in [1.29, 1.82) is 0 Å². The van der Waals surface area contributed by atoms with E-state index < -0.39 is 11.9 Å². The predicted octanol–water partition coefficient (Wildman–Crippen LogP) is 4.31. The summed E-state index contributed by atoms with van der Waals surface area (Å²) in [5.41, 5.74) is 4.60. The highest BCUT2D eigenvalue weighted by atomic mass is 19.1. The number of ether oxygens (including phenoxy) is 1. The molecule has 0 spiro atoms. The van der Waals surface area contributed by atoms with E-state index in [0.717, 1.165) is 11.1 Å². The van der Waals surface area contributed by atoms with Gasteiger partial charge < -0.3 is 10.1 Å². The van der Waals surface area contributed by atoms with E-state index in [-0.39, 0.29) is 17.6 Å². The Balaban J connectivity index is 1.51. The number of hydrogen-bond acceptors (Lipinski definition) is 4. The molecule has 0 aliphatic carbocycles. The molecule has 33 heavy (non-hydrogen) atoms. The number of hydrazone groups is 1. The van der Waals surface area contributed by atoms with Gasteiger partial charge in [0.1, 0.15) is 24.2 Å². The Morgan fingerprint density at radius 3 is 2.27 bits per heavy atom. The number of benzene rings is 3. The maximum Gasteiger partial charge on any atom is 0.262 e. The highest BCUT2D eigenvalue weighted by molar-refractivity contribution is 5.97. The van der Waals surface area contributed by atoms with Crippen molar-refractivity contribution in [1.82, 2.24) is 10.7 Å². The van der Waals surface area contributed by atoms with Gasteiger partial charge in [-0.05, 0) is 65.6 Å². The van der Waals surface area contributed by atoms with Crippen molar-refractivity contribution in [2.24, 2.45) is 11.0 Å². The molecule has 0 bridgehead atoms. The first-order valence-corrected chi connectivity index (χ1v) is 10.6. The van der Waals surface area contributed by atoms with E-state index in [1.54, 1.807) is 60.7 Å². The van der Waals surface area contributed by atoms with E-state index in [9.17, 15) is 14.0 Å². The molecule has 0 radical (unpaired) electrons. The van der Waals surface area contributed by atoms with Crippen LogP contribution in [-0.2, 0) is 11.4 Å². The van der Waals surface area contributed by atoms with Crippen molar-refractivity contribution in [3.63, 3.8) is 0 Å². The van der Waals surface area contributed by atoms with E-state index in [4.69, 9.17) is 4.74 Å². The second-order valence-electron chi connectivity index (χ2n) is 7.78. The first kappa shape index (κ1) is 23.7. The van der Waals surface area contributed by atoms with E-state index in [2.05, 4.69) is 15.8 Å². The number of amides is 2. The highest BCUT2D eigenvalue weighted by Crippen LogP contribution is 2.14. The van der Waals surface area contributed by atoms with E-state index in [1.807, 2.05) is 19.9 Å². The third kappa shape index (κ3) is 7.28. The molecule has 0 aliphatic rings. The fourth-order valence-corrected chi connectivity index (χ4v) is 2.99. The molecule has 1 unspecified atom stereocenters. The van der Waals surface area contributed by atoms with E-state index in [0.29, 0.717) is 17.9 Å². The molecule has 6 nitrogen and oxygen atoms in total. The molecule has 0 aliphatic heterocycles. The van der Waals surface area contributed by atoms with Crippen LogP contribution in [0.2, 0.25) is 0 Å². The number of carbonyl (C=O) groups excluding carboxylic acids is 2. The first-order chi connectivity index (χ1) is 15.9. The lowest BCUT2D eigenvalue weighted by molar-refractivity contribution is -0.123. The molecule has 0 saturated heterocycles. The monoisotopic (exact) mass is 447 g/mol. The van der Waals surface area contributed by atoms with Crippen LogP contribution >= 0.6 is 0 Å². The zero-order valence-corrected chi connectivity index (χ0v) is 18.5. The number of nitrogens with zero attached hydrogens (tertiary/aromatic N) is 1. The quantitative estimate of drug-likeness (QED) is 0.379. The Bertz CT molecular complexity index is 1080. The maximum atomic E-state index is 13.0. The van der Waals surface area contributed by atoms with Crippen molar-refractivity contribution in [3.8, 4) is 5.75 Å². The van der Waals surface area contributed by atoms with Gasteiger partial charge in [-0.3, -0.25) is 9.59 Å². The molecule has 0 saturated carbocycles. The minimum Gasteiger partial charge on any atom is -0.489 e. The van der Waals surface area contributed by atoms with Gasteiger partial charge in [-0.25, -0.2) is 9.82 Å². The first-order valence-electron chi connectivity index (χ1n) is 10.6. The molecule has 3 aromatic carbocycles. The second kappa shape index (κ2) is 11.6. The predicted molar refractivity (Wildman–Crippen MR) is 125 cm³/mol. The van der Waals surface area contributed by atoms with Crippen molar-refractivity contribution >= 4 is 18.0 Å². The minimum absolute atomic E-state index is 0.120. The average molecular weight is 448 g/mol. The van der Waals surface area contributed by atoms with Crippen molar-refractivity contribution < 1.29 is 18.7 Å². The van der Waals surface area contributed by atoms with E-state index in [1.165, 1.54) is 18.3 Å². The molecule has 2 amide bonds. The number of carbonyl (C=O) groups is 2. The smallest absolute Gasteiger partial charge is 0.262 e. The molecular formula is C26H26FN3O3. The second-order valence-corrected chi connectivity index (χ2v) is 7.78. The number of rotatable bonds is 9. The Labute approximate surface area is 192 Å². The van der Waals surface area contributed by atoms with Crippen molar-refractivity contribution in [2.45, 2.75) is 26.5 Å². The largest absolute Gasteiger partial charge is 0.489 e. The van der Waals surface area contributed by atoms with Crippen LogP contribution < -0.4 is 15.5 Å². The average Bonchev–Trinajstić information content (AvgIpc) is 2.83.